The van der Waals surface area contributed by atoms with E-state index in [1.54, 1.807) is 24.5 Å². The van der Waals surface area contributed by atoms with Crippen molar-refractivity contribution in [2.45, 2.75) is 30.7 Å². The number of anilines is 2. The molecule has 3 heterocycles. The SMILES string of the molecule is COc1ccc(-c2nc(CSc3nc(N)cc(N)n3)c(C)s2)cc1OCCN1CCCC1. The van der Waals surface area contributed by atoms with Crippen LogP contribution in [0.15, 0.2) is 29.4 Å². The number of benzene rings is 1. The second-order valence-corrected chi connectivity index (χ2v) is 9.72. The Balaban J connectivity index is 1.45. The average molecular weight is 473 g/mol. The first kappa shape index (κ1) is 22.6. The lowest BCUT2D eigenvalue weighted by molar-refractivity contribution is 0.230. The fourth-order valence-corrected chi connectivity index (χ4v) is 5.46. The zero-order valence-corrected chi connectivity index (χ0v) is 20.0. The summed E-state index contributed by atoms with van der Waals surface area (Å²) in [6, 6.07) is 7.52. The Morgan fingerprint density at radius 2 is 1.81 bits per heavy atom. The van der Waals surface area contributed by atoms with Gasteiger partial charge in [-0.05, 0) is 51.1 Å². The third-order valence-corrected chi connectivity index (χ3v) is 7.17. The first-order valence-electron chi connectivity index (χ1n) is 10.5. The Kier molecular flexibility index (Phi) is 7.33. The third-order valence-electron chi connectivity index (χ3n) is 5.25. The van der Waals surface area contributed by atoms with Crippen molar-refractivity contribution in [1.29, 1.82) is 0 Å². The van der Waals surface area contributed by atoms with Crippen LogP contribution < -0.4 is 20.9 Å². The number of ether oxygens (including phenoxy) is 2. The van der Waals surface area contributed by atoms with Crippen molar-refractivity contribution in [3.63, 3.8) is 0 Å². The van der Waals surface area contributed by atoms with Crippen molar-refractivity contribution in [2.75, 3.05) is 44.8 Å². The smallest absolute Gasteiger partial charge is 0.191 e. The second kappa shape index (κ2) is 10.4. The number of nitrogens with zero attached hydrogens (tertiary/aromatic N) is 4. The quantitative estimate of drug-likeness (QED) is 0.354. The zero-order chi connectivity index (χ0) is 22.5. The molecule has 0 atom stereocenters. The Bertz CT molecular complexity index is 1050. The molecular formula is C22H28N6O2S2. The van der Waals surface area contributed by atoms with Crippen LogP contribution in [-0.2, 0) is 5.75 Å². The van der Waals surface area contributed by atoms with Crippen molar-refractivity contribution in [3.05, 3.63) is 34.8 Å². The van der Waals surface area contributed by atoms with Crippen LogP contribution in [0.4, 0.5) is 11.6 Å². The fourth-order valence-electron chi connectivity index (χ4n) is 3.56. The van der Waals surface area contributed by atoms with Gasteiger partial charge in [0.2, 0.25) is 0 Å². The van der Waals surface area contributed by atoms with Crippen LogP contribution in [0.3, 0.4) is 0 Å². The number of methoxy groups -OCH3 is 1. The lowest BCUT2D eigenvalue weighted by Gasteiger charge is -2.16. The van der Waals surface area contributed by atoms with Crippen molar-refractivity contribution >= 4 is 34.7 Å². The van der Waals surface area contributed by atoms with Gasteiger partial charge in [-0.2, -0.15) is 0 Å². The number of aromatic nitrogens is 3. The molecule has 32 heavy (non-hydrogen) atoms. The van der Waals surface area contributed by atoms with Gasteiger partial charge in [-0.1, -0.05) is 11.8 Å². The Morgan fingerprint density at radius 3 is 2.53 bits per heavy atom. The Labute approximate surface area is 196 Å². The highest BCUT2D eigenvalue weighted by molar-refractivity contribution is 7.98. The van der Waals surface area contributed by atoms with Crippen LogP contribution in [0.5, 0.6) is 11.5 Å². The van der Waals surface area contributed by atoms with E-state index < -0.39 is 0 Å². The van der Waals surface area contributed by atoms with E-state index in [1.807, 2.05) is 18.2 Å². The molecule has 10 heteroatoms. The van der Waals surface area contributed by atoms with Gasteiger partial charge in [0, 0.05) is 28.8 Å². The molecule has 4 N–H and O–H groups in total. The van der Waals surface area contributed by atoms with E-state index in [9.17, 15) is 0 Å². The third kappa shape index (κ3) is 5.62. The summed E-state index contributed by atoms with van der Waals surface area (Å²) in [6.07, 6.45) is 2.56. The van der Waals surface area contributed by atoms with Gasteiger partial charge in [0.15, 0.2) is 16.7 Å². The number of thiazole rings is 1. The topological polar surface area (TPSA) is 112 Å². The lowest BCUT2D eigenvalue weighted by Crippen LogP contribution is -2.25. The number of nitrogen functional groups attached to an aromatic ring is 2. The van der Waals surface area contributed by atoms with Crippen LogP contribution in [0.25, 0.3) is 10.6 Å². The van der Waals surface area contributed by atoms with E-state index in [0.29, 0.717) is 29.2 Å². The van der Waals surface area contributed by atoms with Crippen LogP contribution in [-0.4, -0.2) is 53.2 Å². The largest absolute Gasteiger partial charge is 0.493 e. The molecule has 1 aliphatic heterocycles. The highest BCUT2D eigenvalue weighted by Crippen LogP contribution is 2.36. The standard InChI is InChI=1S/C22H28N6O2S2/c1-14-16(13-31-22-26-19(23)12-20(24)27-22)25-21(32-14)15-5-6-17(29-2)18(11-15)30-10-9-28-7-3-4-8-28/h5-6,11-12H,3-4,7-10,13H2,1-2H3,(H4,23,24,26,27). The summed E-state index contributed by atoms with van der Waals surface area (Å²) in [7, 11) is 1.66. The number of rotatable bonds is 9. The van der Waals surface area contributed by atoms with E-state index in [4.69, 9.17) is 25.9 Å². The molecule has 4 rings (SSSR count). The van der Waals surface area contributed by atoms with Gasteiger partial charge >= 0.3 is 0 Å². The number of thioether (sulfide) groups is 1. The molecule has 0 spiro atoms. The van der Waals surface area contributed by atoms with Gasteiger partial charge < -0.3 is 20.9 Å². The van der Waals surface area contributed by atoms with E-state index in [0.717, 1.165) is 52.3 Å². The molecule has 1 fully saturated rings. The molecule has 0 bridgehead atoms. The summed E-state index contributed by atoms with van der Waals surface area (Å²) in [4.78, 5) is 16.9. The van der Waals surface area contributed by atoms with E-state index in [1.165, 1.54) is 24.6 Å². The predicted molar refractivity (Wildman–Crippen MR) is 130 cm³/mol. The maximum atomic E-state index is 6.08. The number of aryl methyl sites for hydroxylation is 1. The highest BCUT2D eigenvalue weighted by atomic mass is 32.2. The minimum Gasteiger partial charge on any atom is -0.493 e. The molecule has 0 amide bonds. The number of likely N-dealkylation sites (tertiary alicyclic amines) is 1. The number of nitrogens with two attached hydrogens (primary N) is 2. The summed E-state index contributed by atoms with van der Waals surface area (Å²) in [5.41, 5.74) is 13.5. The maximum absolute atomic E-state index is 6.08. The molecule has 3 aromatic rings. The Morgan fingerprint density at radius 1 is 1.06 bits per heavy atom. The van der Waals surface area contributed by atoms with Gasteiger partial charge in [0.25, 0.3) is 0 Å². The van der Waals surface area contributed by atoms with Crippen molar-refractivity contribution < 1.29 is 9.47 Å². The number of hydrogen-bond donors (Lipinski definition) is 2. The minimum atomic E-state index is 0.367. The summed E-state index contributed by atoms with van der Waals surface area (Å²) in [5, 5.41) is 1.49. The molecule has 2 aromatic heterocycles. The van der Waals surface area contributed by atoms with E-state index in [2.05, 4.69) is 21.8 Å². The van der Waals surface area contributed by atoms with Gasteiger partial charge in [0.05, 0.1) is 12.8 Å². The first-order chi connectivity index (χ1) is 15.5. The highest BCUT2D eigenvalue weighted by Gasteiger charge is 2.15. The maximum Gasteiger partial charge on any atom is 0.191 e. The number of hydrogen-bond acceptors (Lipinski definition) is 10. The zero-order valence-electron chi connectivity index (χ0n) is 18.3. The molecule has 1 aliphatic rings. The monoisotopic (exact) mass is 472 g/mol. The molecule has 0 saturated carbocycles. The van der Waals surface area contributed by atoms with Gasteiger partial charge in [-0.3, -0.25) is 4.90 Å². The normalized spacial score (nSPS) is 14.1. The molecule has 1 saturated heterocycles. The molecule has 170 valence electrons. The first-order valence-corrected chi connectivity index (χ1v) is 12.3. The molecule has 0 unspecified atom stereocenters. The molecule has 0 radical (unpaired) electrons. The molecule has 0 aliphatic carbocycles. The van der Waals surface area contributed by atoms with Crippen molar-refractivity contribution in [3.8, 4) is 22.1 Å². The Hall–Kier alpha value is -2.56. The van der Waals surface area contributed by atoms with Gasteiger partial charge in [-0.15, -0.1) is 11.3 Å². The van der Waals surface area contributed by atoms with Gasteiger partial charge in [-0.25, -0.2) is 15.0 Å². The summed E-state index contributed by atoms with van der Waals surface area (Å²) < 4.78 is 11.6. The minimum absolute atomic E-state index is 0.367. The molecule has 1 aromatic carbocycles. The summed E-state index contributed by atoms with van der Waals surface area (Å²) >= 11 is 3.13. The lowest BCUT2D eigenvalue weighted by atomic mass is 10.2. The van der Waals surface area contributed by atoms with Crippen LogP contribution >= 0.6 is 23.1 Å². The van der Waals surface area contributed by atoms with Crippen molar-refractivity contribution in [2.24, 2.45) is 0 Å². The van der Waals surface area contributed by atoms with E-state index in [-0.39, 0.29) is 0 Å². The van der Waals surface area contributed by atoms with Crippen LogP contribution in [0.1, 0.15) is 23.4 Å². The molecule has 8 nitrogen and oxygen atoms in total. The summed E-state index contributed by atoms with van der Waals surface area (Å²) in [5.74, 6) is 2.85. The molecular weight excluding hydrogens is 444 g/mol. The second-order valence-electron chi connectivity index (χ2n) is 7.57. The van der Waals surface area contributed by atoms with Crippen LogP contribution in [0.2, 0.25) is 0 Å². The summed E-state index contributed by atoms with van der Waals surface area (Å²) in [6.45, 7) is 5.96. The fraction of sp³-hybridized carbons (Fsp3) is 0.409. The predicted octanol–water partition coefficient (Wildman–Crippen LogP) is 3.85. The van der Waals surface area contributed by atoms with E-state index >= 15 is 0 Å². The van der Waals surface area contributed by atoms with Gasteiger partial charge in [0.1, 0.15) is 23.3 Å². The average Bonchev–Trinajstić information content (AvgIpc) is 3.41. The van der Waals surface area contributed by atoms with Crippen LogP contribution in [0, 0.1) is 6.92 Å². The van der Waals surface area contributed by atoms with Crippen molar-refractivity contribution in [1.82, 2.24) is 19.9 Å².